The van der Waals surface area contributed by atoms with Gasteiger partial charge in [0.15, 0.2) is 17.5 Å². The van der Waals surface area contributed by atoms with Crippen molar-refractivity contribution in [1.29, 1.82) is 0 Å². The molecule has 4 nitrogen and oxygen atoms in total. The third kappa shape index (κ3) is 4.43. The average molecular weight is 699 g/mol. The molecule has 0 fully saturated rings. The molecular formula is C51H30N4. The van der Waals surface area contributed by atoms with Crippen molar-refractivity contribution in [3.63, 3.8) is 0 Å². The maximum absolute atomic E-state index is 5.30. The van der Waals surface area contributed by atoms with Crippen LogP contribution in [-0.2, 0) is 0 Å². The average Bonchev–Trinajstić information content (AvgIpc) is 3.77. The zero-order chi connectivity index (χ0) is 36.0. The SMILES string of the molecule is c1ccc(-c2nc(-c3cc4c5c(cccc5c3)-c3ccccc3-4)nc(-c3ccc(-n4c5ccccc5c5c6ccccc6ccc54)c4ccccc34)n2)cc1. The van der Waals surface area contributed by atoms with E-state index in [4.69, 9.17) is 15.0 Å². The lowest BCUT2D eigenvalue weighted by molar-refractivity contribution is 1.08. The summed E-state index contributed by atoms with van der Waals surface area (Å²) >= 11 is 0. The summed E-state index contributed by atoms with van der Waals surface area (Å²) in [7, 11) is 0. The summed E-state index contributed by atoms with van der Waals surface area (Å²) in [4.78, 5) is 15.7. The Kier molecular flexibility index (Phi) is 6.31. The van der Waals surface area contributed by atoms with Crippen LogP contribution in [0.15, 0.2) is 182 Å². The molecule has 55 heavy (non-hydrogen) atoms. The van der Waals surface area contributed by atoms with Gasteiger partial charge in [0.05, 0.1) is 16.7 Å². The highest BCUT2D eigenvalue weighted by molar-refractivity contribution is 6.22. The topological polar surface area (TPSA) is 43.6 Å². The minimum atomic E-state index is 0.644. The summed E-state index contributed by atoms with van der Waals surface area (Å²) < 4.78 is 2.42. The van der Waals surface area contributed by atoms with Gasteiger partial charge in [0, 0.05) is 32.8 Å². The Balaban J connectivity index is 1.10. The molecule has 12 rings (SSSR count). The van der Waals surface area contributed by atoms with Gasteiger partial charge in [-0.25, -0.2) is 15.0 Å². The number of rotatable bonds is 4. The second-order valence-corrected chi connectivity index (χ2v) is 14.4. The van der Waals surface area contributed by atoms with Crippen LogP contribution in [0, 0.1) is 0 Å². The normalized spacial score (nSPS) is 12.0. The number of hydrogen-bond donors (Lipinski definition) is 0. The molecule has 0 N–H and O–H groups in total. The fourth-order valence-corrected chi connectivity index (χ4v) is 8.96. The Morgan fingerprint density at radius 2 is 0.945 bits per heavy atom. The summed E-state index contributed by atoms with van der Waals surface area (Å²) in [6, 6.07) is 64.9. The summed E-state index contributed by atoms with van der Waals surface area (Å²) in [6.07, 6.45) is 0. The van der Waals surface area contributed by atoms with Gasteiger partial charge in [-0.2, -0.15) is 0 Å². The molecule has 1 aliphatic rings. The number of benzene rings is 9. The van der Waals surface area contributed by atoms with E-state index in [0.717, 1.165) is 33.2 Å². The first-order valence-electron chi connectivity index (χ1n) is 18.7. The highest BCUT2D eigenvalue weighted by atomic mass is 15.0. The zero-order valence-corrected chi connectivity index (χ0v) is 29.6. The molecule has 11 aromatic rings. The van der Waals surface area contributed by atoms with Crippen LogP contribution in [0.3, 0.4) is 0 Å². The quantitative estimate of drug-likeness (QED) is 0.184. The molecule has 4 heteroatoms. The molecule has 0 amide bonds. The molecule has 254 valence electrons. The maximum Gasteiger partial charge on any atom is 0.164 e. The van der Waals surface area contributed by atoms with E-state index >= 15 is 0 Å². The molecule has 2 aromatic heterocycles. The Labute approximate surface area is 316 Å². The molecule has 1 aliphatic carbocycles. The predicted octanol–water partition coefficient (Wildman–Crippen LogP) is 13.1. The van der Waals surface area contributed by atoms with Gasteiger partial charge in [0.25, 0.3) is 0 Å². The van der Waals surface area contributed by atoms with E-state index in [1.807, 2.05) is 18.2 Å². The summed E-state index contributed by atoms with van der Waals surface area (Å²) in [5.74, 6) is 1.94. The Morgan fingerprint density at radius 3 is 1.80 bits per heavy atom. The summed E-state index contributed by atoms with van der Waals surface area (Å²) in [5, 5.41) is 9.68. The third-order valence-electron chi connectivity index (χ3n) is 11.4. The van der Waals surface area contributed by atoms with E-state index in [1.165, 1.54) is 65.6 Å². The van der Waals surface area contributed by atoms with Gasteiger partial charge < -0.3 is 4.57 Å². The number of nitrogens with zero attached hydrogens (tertiary/aromatic N) is 4. The molecule has 0 radical (unpaired) electrons. The van der Waals surface area contributed by atoms with E-state index in [-0.39, 0.29) is 0 Å². The van der Waals surface area contributed by atoms with E-state index in [1.54, 1.807) is 0 Å². The second kappa shape index (κ2) is 11.5. The fourth-order valence-electron chi connectivity index (χ4n) is 8.96. The molecule has 0 aliphatic heterocycles. The van der Waals surface area contributed by atoms with Gasteiger partial charge in [0.1, 0.15) is 0 Å². The van der Waals surface area contributed by atoms with Gasteiger partial charge >= 0.3 is 0 Å². The maximum atomic E-state index is 5.30. The molecule has 9 aromatic carbocycles. The number of aromatic nitrogens is 4. The Hall–Kier alpha value is -7.43. The first-order chi connectivity index (χ1) is 27.3. The number of fused-ring (bicyclic) bond motifs is 9. The van der Waals surface area contributed by atoms with Crippen LogP contribution in [-0.4, -0.2) is 19.5 Å². The van der Waals surface area contributed by atoms with Crippen molar-refractivity contribution in [3.05, 3.63) is 182 Å². The molecule has 0 saturated carbocycles. The van der Waals surface area contributed by atoms with Crippen molar-refractivity contribution in [3.8, 4) is 62.1 Å². The van der Waals surface area contributed by atoms with Crippen molar-refractivity contribution >= 4 is 54.1 Å². The van der Waals surface area contributed by atoms with Crippen LogP contribution in [0.2, 0.25) is 0 Å². The van der Waals surface area contributed by atoms with E-state index < -0.39 is 0 Å². The number of hydrogen-bond acceptors (Lipinski definition) is 3. The minimum absolute atomic E-state index is 0.644. The zero-order valence-electron chi connectivity index (χ0n) is 29.6. The van der Waals surface area contributed by atoms with Crippen LogP contribution < -0.4 is 0 Å². The van der Waals surface area contributed by atoms with Crippen molar-refractivity contribution in [1.82, 2.24) is 19.5 Å². The monoisotopic (exact) mass is 698 g/mol. The lowest BCUT2D eigenvalue weighted by atomic mass is 9.99. The van der Waals surface area contributed by atoms with Gasteiger partial charge in [-0.3, -0.25) is 0 Å². The molecule has 0 spiro atoms. The van der Waals surface area contributed by atoms with Crippen molar-refractivity contribution < 1.29 is 0 Å². The van der Waals surface area contributed by atoms with Crippen LogP contribution in [0.1, 0.15) is 0 Å². The van der Waals surface area contributed by atoms with E-state index in [0.29, 0.717) is 17.5 Å². The first-order valence-corrected chi connectivity index (χ1v) is 18.7. The van der Waals surface area contributed by atoms with Crippen LogP contribution in [0.4, 0.5) is 0 Å². The summed E-state index contributed by atoms with van der Waals surface area (Å²) in [5.41, 5.74) is 11.4. The highest BCUT2D eigenvalue weighted by Crippen LogP contribution is 2.48. The second-order valence-electron chi connectivity index (χ2n) is 14.4. The summed E-state index contributed by atoms with van der Waals surface area (Å²) in [6.45, 7) is 0. The Bertz CT molecular complexity index is 3380. The van der Waals surface area contributed by atoms with Crippen molar-refractivity contribution in [2.24, 2.45) is 0 Å². The molecule has 0 unspecified atom stereocenters. The smallest absolute Gasteiger partial charge is 0.164 e. The molecular weight excluding hydrogens is 669 g/mol. The molecule has 0 atom stereocenters. The largest absolute Gasteiger partial charge is 0.309 e. The van der Waals surface area contributed by atoms with Gasteiger partial charge in [0.2, 0.25) is 0 Å². The van der Waals surface area contributed by atoms with Crippen LogP contribution >= 0.6 is 0 Å². The van der Waals surface area contributed by atoms with Crippen molar-refractivity contribution in [2.45, 2.75) is 0 Å². The molecule has 0 bridgehead atoms. The molecule has 2 heterocycles. The fraction of sp³-hybridized carbons (Fsp3) is 0. The number of para-hydroxylation sites is 1. The van der Waals surface area contributed by atoms with Crippen molar-refractivity contribution in [2.75, 3.05) is 0 Å². The van der Waals surface area contributed by atoms with Gasteiger partial charge in [-0.1, -0.05) is 146 Å². The third-order valence-corrected chi connectivity index (χ3v) is 11.4. The lowest BCUT2D eigenvalue weighted by Crippen LogP contribution is -2.02. The Morgan fingerprint density at radius 1 is 0.309 bits per heavy atom. The minimum Gasteiger partial charge on any atom is -0.309 e. The highest BCUT2D eigenvalue weighted by Gasteiger charge is 2.24. The van der Waals surface area contributed by atoms with Crippen LogP contribution in [0.25, 0.3) is 116 Å². The van der Waals surface area contributed by atoms with Gasteiger partial charge in [-0.15, -0.1) is 0 Å². The predicted molar refractivity (Wildman–Crippen MR) is 227 cm³/mol. The van der Waals surface area contributed by atoms with E-state index in [2.05, 4.69) is 168 Å². The van der Waals surface area contributed by atoms with Crippen LogP contribution in [0.5, 0.6) is 0 Å². The van der Waals surface area contributed by atoms with E-state index in [9.17, 15) is 0 Å². The first kappa shape index (κ1) is 30.1. The van der Waals surface area contributed by atoms with Gasteiger partial charge in [-0.05, 0) is 85.6 Å². The lowest BCUT2D eigenvalue weighted by Gasteiger charge is -2.15. The molecule has 0 saturated heterocycles. The standard InChI is InChI=1S/C51H30N4/c1-2-14-32(15-3-1)49-52-50(34-29-33-16-12-23-40-36-18-6-7-19-37(36)43(30-34)47(33)40)54-51(53-49)41-26-28-45(39-21-9-8-20-38(39)41)55-44-24-11-10-22-42(44)48-35-17-5-4-13-31(35)25-27-46(48)55/h1-30H.